The van der Waals surface area contributed by atoms with Crippen molar-refractivity contribution < 1.29 is 0 Å². The summed E-state index contributed by atoms with van der Waals surface area (Å²) >= 11 is 0. The molecule has 5 nitrogen and oxygen atoms in total. The van der Waals surface area contributed by atoms with Crippen LogP contribution >= 0.6 is 0 Å². The van der Waals surface area contributed by atoms with Gasteiger partial charge in [-0.25, -0.2) is 0 Å². The predicted octanol–water partition coefficient (Wildman–Crippen LogP) is 0.125. The first-order valence-electron chi connectivity index (χ1n) is 5.66. The maximum absolute atomic E-state index is 5.45. The number of nitrogens with zero attached hydrogens (tertiary/aromatic N) is 3. The summed E-state index contributed by atoms with van der Waals surface area (Å²) in [6, 6.07) is 0.743. The number of aromatic nitrogens is 3. The van der Waals surface area contributed by atoms with Gasteiger partial charge in [-0.3, -0.25) is 4.68 Å². The Kier molecular flexibility index (Phi) is 3.33. The summed E-state index contributed by atoms with van der Waals surface area (Å²) in [5, 5.41) is 11.4. The maximum Gasteiger partial charge on any atom is 0.0962 e. The van der Waals surface area contributed by atoms with E-state index in [1.165, 1.54) is 12.8 Å². The van der Waals surface area contributed by atoms with E-state index in [2.05, 4.69) is 22.6 Å². The molecular weight excluding hydrogens is 190 g/mol. The van der Waals surface area contributed by atoms with Crippen LogP contribution in [-0.4, -0.2) is 27.6 Å². The van der Waals surface area contributed by atoms with Gasteiger partial charge in [0.15, 0.2) is 0 Å². The highest BCUT2D eigenvalue weighted by molar-refractivity contribution is 4.92. The summed E-state index contributed by atoms with van der Waals surface area (Å²) in [5.74, 6) is 0.903. The first kappa shape index (κ1) is 10.6. The second kappa shape index (κ2) is 4.72. The third-order valence-electron chi connectivity index (χ3n) is 2.99. The molecule has 0 aromatic carbocycles. The lowest BCUT2D eigenvalue weighted by atomic mass is 10.3. The highest BCUT2D eigenvalue weighted by Gasteiger charge is 2.34. The molecule has 1 aliphatic carbocycles. The van der Waals surface area contributed by atoms with E-state index in [1.54, 1.807) is 0 Å². The van der Waals surface area contributed by atoms with Crippen molar-refractivity contribution in [3.05, 3.63) is 11.9 Å². The number of nitrogens with one attached hydrogen (secondary N) is 1. The zero-order chi connectivity index (χ0) is 10.7. The van der Waals surface area contributed by atoms with E-state index >= 15 is 0 Å². The summed E-state index contributed by atoms with van der Waals surface area (Å²) in [5.41, 5.74) is 6.31. The molecule has 1 aromatic rings. The number of rotatable bonds is 6. The molecule has 0 bridgehead atoms. The summed E-state index contributed by atoms with van der Waals surface area (Å²) in [4.78, 5) is 0. The van der Waals surface area contributed by atoms with E-state index in [9.17, 15) is 0 Å². The minimum atomic E-state index is 0.466. The van der Waals surface area contributed by atoms with Crippen LogP contribution in [0.5, 0.6) is 0 Å². The fourth-order valence-electron chi connectivity index (χ4n) is 1.85. The number of hydrogen-bond donors (Lipinski definition) is 2. The summed E-state index contributed by atoms with van der Waals surface area (Å²) < 4.78 is 1.85. The Balaban J connectivity index is 1.65. The van der Waals surface area contributed by atoms with Gasteiger partial charge in [-0.05, 0) is 12.3 Å². The number of nitrogens with two attached hydrogens (primary N) is 1. The topological polar surface area (TPSA) is 68.8 Å². The van der Waals surface area contributed by atoms with Gasteiger partial charge in [0, 0.05) is 25.3 Å². The van der Waals surface area contributed by atoms with E-state index in [-0.39, 0.29) is 0 Å². The lowest BCUT2D eigenvalue weighted by Gasteiger charge is -2.02. The molecule has 0 radical (unpaired) electrons. The zero-order valence-electron chi connectivity index (χ0n) is 9.19. The maximum atomic E-state index is 5.45. The molecule has 0 spiro atoms. The van der Waals surface area contributed by atoms with Crippen LogP contribution in [-0.2, 0) is 13.1 Å². The molecule has 84 valence electrons. The van der Waals surface area contributed by atoms with Crippen LogP contribution in [0.2, 0.25) is 0 Å². The fourth-order valence-corrected chi connectivity index (χ4v) is 1.85. The molecule has 1 fully saturated rings. The van der Waals surface area contributed by atoms with E-state index < -0.39 is 0 Å². The first-order valence-corrected chi connectivity index (χ1v) is 5.66. The second-order valence-electron chi connectivity index (χ2n) is 4.14. The van der Waals surface area contributed by atoms with Crippen molar-refractivity contribution in [3.8, 4) is 0 Å². The fraction of sp³-hybridized carbons (Fsp3) is 0.800. The zero-order valence-corrected chi connectivity index (χ0v) is 9.19. The highest BCUT2D eigenvalue weighted by Crippen LogP contribution is 2.32. The molecule has 1 saturated carbocycles. The van der Waals surface area contributed by atoms with Gasteiger partial charge < -0.3 is 11.1 Å². The minimum Gasteiger partial charge on any atom is -0.325 e. The van der Waals surface area contributed by atoms with Gasteiger partial charge in [0.2, 0.25) is 0 Å². The molecule has 2 rings (SSSR count). The number of hydrogen-bond acceptors (Lipinski definition) is 4. The first-order chi connectivity index (χ1) is 7.33. The van der Waals surface area contributed by atoms with Crippen molar-refractivity contribution >= 4 is 0 Å². The van der Waals surface area contributed by atoms with Crippen molar-refractivity contribution in [2.24, 2.45) is 11.7 Å². The predicted molar refractivity (Wildman–Crippen MR) is 58.1 cm³/mol. The monoisotopic (exact) mass is 209 g/mol. The Hall–Kier alpha value is -0.940. The van der Waals surface area contributed by atoms with E-state index in [0.717, 1.165) is 30.7 Å². The van der Waals surface area contributed by atoms with Gasteiger partial charge in [0.1, 0.15) is 0 Å². The van der Waals surface area contributed by atoms with Crippen molar-refractivity contribution in [1.82, 2.24) is 20.3 Å². The molecule has 5 heteroatoms. The van der Waals surface area contributed by atoms with Crippen LogP contribution in [0.1, 0.15) is 25.5 Å². The standard InChI is InChI=1S/C10H19N5/c1-2-8-5-10(8)12-3-4-15-7-9(6-11)13-14-15/h7-8,10,12H,2-6,11H2,1H3. The van der Waals surface area contributed by atoms with Crippen LogP contribution < -0.4 is 11.1 Å². The van der Waals surface area contributed by atoms with Crippen LogP contribution in [0.3, 0.4) is 0 Å². The van der Waals surface area contributed by atoms with E-state index in [4.69, 9.17) is 5.73 Å². The van der Waals surface area contributed by atoms with Gasteiger partial charge in [0.05, 0.1) is 12.2 Å². The van der Waals surface area contributed by atoms with Gasteiger partial charge in [-0.2, -0.15) is 0 Å². The van der Waals surface area contributed by atoms with E-state index in [1.807, 2.05) is 10.9 Å². The Morgan fingerprint density at radius 2 is 2.53 bits per heavy atom. The minimum absolute atomic E-state index is 0.466. The van der Waals surface area contributed by atoms with Gasteiger partial charge >= 0.3 is 0 Å². The van der Waals surface area contributed by atoms with Crippen molar-refractivity contribution in [2.75, 3.05) is 6.54 Å². The molecule has 1 aromatic heterocycles. The Bertz CT molecular complexity index is 309. The molecule has 1 aliphatic rings. The average molecular weight is 209 g/mol. The Morgan fingerprint density at radius 1 is 1.67 bits per heavy atom. The van der Waals surface area contributed by atoms with Crippen LogP contribution in [0, 0.1) is 5.92 Å². The highest BCUT2D eigenvalue weighted by atomic mass is 15.4. The normalized spacial score (nSPS) is 24.4. The largest absolute Gasteiger partial charge is 0.325 e. The van der Waals surface area contributed by atoms with Crippen molar-refractivity contribution in [3.63, 3.8) is 0 Å². The SMILES string of the molecule is CCC1CC1NCCn1cc(CN)nn1. The third-order valence-corrected chi connectivity index (χ3v) is 2.99. The molecule has 1 heterocycles. The molecule has 3 N–H and O–H groups in total. The molecule has 0 amide bonds. The molecule has 0 aliphatic heterocycles. The summed E-state index contributed by atoms with van der Waals surface area (Å²) in [6.07, 6.45) is 4.53. The quantitative estimate of drug-likeness (QED) is 0.698. The average Bonchev–Trinajstić information content (AvgIpc) is 2.86. The van der Waals surface area contributed by atoms with Gasteiger partial charge in [-0.1, -0.05) is 18.6 Å². The Labute approximate surface area is 90.0 Å². The molecule has 2 unspecified atom stereocenters. The molecular formula is C10H19N5. The summed E-state index contributed by atoms with van der Waals surface area (Å²) in [7, 11) is 0. The van der Waals surface area contributed by atoms with Crippen LogP contribution in [0.4, 0.5) is 0 Å². The lowest BCUT2D eigenvalue weighted by molar-refractivity contribution is 0.525. The van der Waals surface area contributed by atoms with Crippen molar-refractivity contribution in [1.29, 1.82) is 0 Å². The Morgan fingerprint density at radius 3 is 3.13 bits per heavy atom. The van der Waals surface area contributed by atoms with E-state index in [0.29, 0.717) is 6.54 Å². The van der Waals surface area contributed by atoms with Crippen LogP contribution in [0.15, 0.2) is 6.20 Å². The molecule has 0 saturated heterocycles. The molecule has 15 heavy (non-hydrogen) atoms. The van der Waals surface area contributed by atoms with Crippen molar-refractivity contribution in [2.45, 2.75) is 38.9 Å². The van der Waals surface area contributed by atoms with Gasteiger partial charge in [-0.15, -0.1) is 5.10 Å². The second-order valence-corrected chi connectivity index (χ2v) is 4.14. The van der Waals surface area contributed by atoms with Gasteiger partial charge in [0.25, 0.3) is 0 Å². The molecule has 2 atom stereocenters. The van der Waals surface area contributed by atoms with Crippen LogP contribution in [0.25, 0.3) is 0 Å². The third kappa shape index (κ3) is 2.76. The summed E-state index contributed by atoms with van der Waals surface area (Å²) in [6.45, 7) is 4.56. The smallest absolute Gasteiger partial charge is 0.0962 e. The lowest BCUT2D eigenvalue weighted by Crippen LogP contribution is -2.23.